The van der Waals surface area contributed by atoms with Crippen molar-refractivity contribution in [2.75, 3.05) is 19.0 Å². The summed E-state index contributed by atoms with van der Waals surface area (Å²) in [4.78, 5) is 0. The number of hydrogen-bond donors (Lipinski definition) is 2. The Bertz CT molecular complexity index is 340. The first-order valence-electron chi connectivity index (χ1n) is 5.03. The summed E-state index contributed by atoms with van der Waals surface area (Å²) < 4.78 is 23.3. The molecule has 0 heterocycles. The zero-order valence-corrected chi connectivity index (χ0v) is 9.76. The maximum absolute atomic E-state index is 11.7. The monoisotopic (exact) mass is 234 g/mol. The third kappa shape index (κ3) is 2.09. The number of hydrogen-bond acceptors (Lipinski definition) is 4. The molecule has 0 saturated heterocycles. The van der Waals surface area contributed by atoms with E-state index in [1.54, 1.807) is 6.92 Å². The van der Waals surface area contributed by atoms with Crippen LogP contribution in [-0.2, 0) is 9.84 Å². The van der Waals surface area contributed by atoms with Gasteiger partial charge in [0, 0.05) is 11.2 Å². The molecule has 0 spiro atoms. The van der Waals surface area contributed by atoms with Gasteiger partial charge < -0.3 is 10.2 Å². The molecule has 88 valence electrons. The van der Waals surface area contributed by atoms with Crippen molar-refractivity contribution in [3.05, 3.63) is 12.2 Å². The zero-order valence-electron chi connectivity index (χ0n) is 8.94. The van der Waals surface area contributed by atoms with Gasteiger partial charge in [0.2, 0.25) is 0 Å². The largest absolute Gasteiger partial charge is 0.395 e. The van der Waals surface area contributed by atoms with Crippen LogP contribution in [0.4, 0.5) is 0 Å². The first kappa shape index (κ1) is 12.7. The van der Waals surface area contributed by atoms with E-state index in [0.29, 0.717) is 12.0 Å². The first-order valence-corrected chi connectivity index (χ1v) is 6.75. The topological polar surface area (TPSA) is 74.6 Å². The SMILES string of the molecule is C=C1C[C@H](S(=O)(=O)CC)CC1(CO)CO. The molecule has 1 fully saturated rings. The van der Waals surface area contributed by atoms with Crippen molar-refractivity contribution < 1.29 is 18.6 Å². The molecule has 2 N–H and O–H groups in total. The van der Waals surface area contributed by atoms with E-state index in [-0.39, 0.29) is 25.4 Å². The Labute approximate surface area is 90.5 Å². The average molecular weight is 234 g/mol. The highest BCUT2D eigenvalue weighted by Crippen LogP contribution is 2.44. The van der Waals surface area contributed by atoms with Crippen LogP contribution in [0.2, 0.25) is 0 Å². The Morgan fingerprint density at radius 2 is 2.00 bits per heavy atom. The lowest BCUT2D eigenvalue weighted by Gasteiger charge is -2.25. The van der Waals surface area contributed by atoms with E-state index in [1.165, 1.54) is 0 Å². The fourth-order valence-corrected chi connectivity index (χ4v) is 3.54. The molecule has 4 nitrogen and oxygen atoms in total. The van der Waals surface area contributed by atoms with Gasteiger partial charge in [-0.05, 0) is 12.8 Å². The number of aliphatic hydroxyl groups excluding tert-OH is 2. The Hall–Kier alpha value is -0.390. The molecule has 0 aliphatic heterocycles. The summed E-state index contributed by atoms with van der Waals surface area (Å²) in [6, 6.07) is 0. The first-order chi connectivity index (χ1) is 6.91. The minimum Gasteiger partial charge on any atom is -0.395 e. The second-order valence-electron chi connectivity index (χ2n) is 4.18. The van der Waals surface area contributed by atoms with Gasteiger partial charge in [-0.1, -0.05) is 19.1 Å². The van der Waals surface area contributed by atoms with Crippen molar-refractivity contribution in [2.24, 2.45) is 5.41 Å². The summed E-state index contributed by atoms with van der Waals surface area (Å²) in [5, 5.41) is 18.0. The molecule has 0 radical (unpaired) electrons. The van der Waals surface area contributed by atoms with Gasteiger partial charge >= 0.3 is 0 Å². The van der Waals surface area contributed by atoms with Crippen molar-refractivity contribution >= 4 is 9.84 Å². The number of sulfone groups is 1. The van der Waals surface area contributed by atoms with E-state index >= 15 is 0 Å². The van der Waals surface area contributed by atoms with Crippen molar-refractivity contribution in [1.82, 2.24) is 0 Å². The minimum absolute atomic E-state index is 0.0951. The molecule has 15 heavy (non-hydrogen) atoms. The minimum atomic E-state index is -3.11. The van der Waals surface area contributed by atoms with Crippen molar-refractivity contribution in [3.63, 3.8) is 0 Å². The molecule has 1 saturated carbocycles. The van der Waals surface area contributed by atoms with Crippen LogP contribution in [0.3, 0.4) is 0 Å². The van der Waals surface area contributed by atoms with Crippen LogP contribution >= 0.6 is 0 Å². The molecular formula is C10H18O4S. The quantitative estimate of drug-likeness (QED) is 0.677. The molecule has 5 heteroatoms. The van der Waals surface area contributed by atoms with Gasteiger partial charge in [0.15, 0.2) is 9.84 Å². The van der Waals surface area contributed by atoms with Crippen LogP contribution < -0.4 is 0 Å². The van der Waals surface area contributed by atoms with E-state index in [2.05, 4.69) is 6.58 Å². The lowest BCUT2D eigenvalue weighted by molar-refractivity contribution is 0.0898. The maximum atomic E-state index is 11.7. The van der Waals surface area contributed by atoms with Gasteiger partial charge in [0.05, 0.1) is 18.5 Å². The van der Waals surface area contributed by atoms with Gasteiger partial charge in [-0.15, -0.1) is 0 Å². The summed E-state index contributed by atoms with van der Waals surface area (Å²) in [6.45, 7) is 4.89. The van der Waals surface area contributed by atoms with Gasteiger partial charge in [-0.2, -0.15) is 0 Å². The Kier molecular flexibility index (Phi) is 3.58. The lowest BCUT2D eigenvalue weighted by Crippen LogP contribution is -2.30. The predicted octanol–water partition coefficient (Wildman–Crippen LogP) is 0.111. The molecule has 1 aliphatic rings. The third-order valence-corrected chi connectivity index (χ3v) is 5.51. The molecule has 1 rings (SSSR count). The average Bonchev–Trinajstić information content (AvgIpc) is 2.57. The summed E-state index contributed by atoms with van der Waals surface area (Å²) in [5.41, 5.74) is -0.151. The van der Waals surface area contributed by atoms with Gasteiger partial charge in [-0.25, -0.2) is 8.42 Å². The second kappa shape index (κ2) is 4.23. The van der Waals surface area contributed by atoms with Crippen molar-refractivity contribution in [3.8, 4) is 0 Å². The van der Waals surface area contributed by atoms with Crippen LogP contribution in [0, 0.1) is 5.41 Å². The van der Waals surface area contributed by atoms with E-state index in [1.807, 2.05) is 0 Å². The molecule has 0 aromatic heterocycles. The van der Waals surface area contributed by atoms with Crippen LogP contribution in [0.5, 0.6) is 0 Å². The highest BCUT2D eigenvalue weighted by molar-refractivity contribution is 7.92. The Morgan fingerprint density at radius 1 is 1.47 bits per heavy atom. The fraction of sp³-hybridized carbons (Fsp3) is 0.800. The van der Waals surface area contributed by atoms with Crippen LogP contribution in [-0.4, -0.2) is 42.8 Å². The fourth-order valence-electron chi connectivity index (χ4n) is 2.04. The summed E-state index contributed by atoms with van der Waals surface area (Å²) >= 11 is 0. The third-order valence-electron chi connectivity index (χ3n) is 3.36. The molecule has 1 aliphatic carbocycles. The normalized spacial score (nSPS) is 25.8. The molecule has 0 aromatic carbocycles. The predicted molar refractivity (Wildman–Crippen MR) is 58.2 cm³/mol. The molecule has 0 amide bonds. The van der Waals surface area contributed by atoms with E-state index in [9.17, 15) is 18.6 Å². The molecule has 0 bridgehead atoms. The number of rotatable bonds is 4. The Morgan fingerprint density at radius 3 is 2.33 bits per heavy atom. The van der Waals surface area contributed by atoms with Gasteiger partial charge in [-0.3, -0.25) is 0 Å². The van der Waals surface area contributed by atoms with E-state index in [0.717, 1.165) is 0 Å². The lowest BCUT2D eigenvalue weighted by atomic mass is 9.85. The molecular weight excluding hydrogens is 216 g/mol. The highest BCUT2D eigenvalue weighted by atomic mass is 32.2. The van der Waals surface area contributed by atoms with Crippen LogP contribution in [0.15, 0.2) is 12.2 Å². The maximum Gasteiger partial charge on any atom is 0.153 e. The second-order valence-corrected chi connectivity index (χ2v) is 6.75. The molecule has 0 unspecified atom stereocenters. The summed E-state index contributed by atoms with van der Waals surface area (Å²) in [7, 11) is -3.11. The summed E-state index contributed by atoms with van der Waals surface area (Å²) in [5.74, 6) is 0.0951. The highest BCUT2D eigenvalue weighted by Gasteiger charge is 2.45. The van der Waals surface area contributed by atoms with Gasteiger partial charge in [0.1, 0.15) is 0 Å². The van der Waals surface area contributed by atoms with E-state index in [4.69, 9.17) is 0 Å². The van der Waals surface area contributed by atoms with E-state index < -0.39 is 20.5 Å². The molecule has 0 aromatic rings. The number of aliphatic hydroxyl groups is 2. The van der Waals surface area contributed by atoms with Crippen LogP contribution in [0.1, 0.15) is 19.8 Å². The zero-order chi connectivity index (χ0) is 11.7. The standard InChI is InChI=1S/C10H18O4S/c1-3-15(13,14)9-4-8(2)10(5-9,6-11)7-12/h9,11-12H,2-7H2,1H3/t9-/m0/s1. The summed E-state index contributed by atoms with van der Waals surface area (Å²) in [6.07, 6.45) is 0.645. The van der Waals surface area contributed by atoms with Crippen molar-refractivity contribution in [1.29, 1.82) is 0 Å². The smallest absolute Gasteiger partial charge is 0.153 e. The Balaban J connectivity index is 2.94. The molecule has 1 atom stereocenters. The van der Waals surface area contributed by atoms with Crippen LogP contribution in [0.25, 0.3) is 0 Å². The van der Waals surface area contributed by atoms with Gasteiger partial charge in [0.25, 0.3) is 0 Å². The van der Waals surface area contributed by atoms with Crippen molar-refractivity contribution in [2.45, 2.75) is 25.0 Å².